The maximum absolute atomic E-state index is 13.2. The van der Waals surface area contributed by atoms with Gasteiger partial charge in [0.1, 0.15) is 11.0 Å². The molecule has 1 aliphatic heterocycles. The van der Waals surface area contributed by atoms with Gasteiger partial charge in [-0.1, -0.05) is 36.9 Å². The van der Waals surface area contributed by atoms with Crippen molar-refractivity contribution in [1.82, 2.24) is 14.9 Å². The molecule has 1 aromatic heterocycles. The van der Waals surface area contributed by atoms with Gasteiger partial charge >= 0.3 is 6.18 Å². The third kappa shape index (κ3) is 4.38. The number of thioether (sulfide) groups is 1. The average molecular weight is 463 g/mol. The molecule has 4 rings (SSSR count). The smallest absolute Gasteiger partial charge is 0.416 e. The van der Waals surface area contributed by atoms with Crippen LogP contribution in [-0.4, -0.2) is 33.1 Å². The van der Waals surface area contributed by atoms with Crippen LogP contribution >= 0.6 is 11.8 Å². The first-order valence-electron chi connectivity index (χ1n) is 9.79. The predicted octanol–water partition coefficient (Wildman–Crippen LogP) is 4.27. The number of alkyl halides is 3. The van der Waals surface area contributed by atoms with E-state index in [-0.39, 0.29) is 5.69 Å². The Morgan fingerprint density at radius 1 is 1.22 bits per heavy atom. The van der Waals surface area contributed by atoms with Crippen molar-refractivity contribution in [3.63, 3.8) is 0 Å². The number of hydrogen-bond donors (Lipinski definition) is 2. The molecule has 2 atom stereocenters. The summed E-state index contributed by atoms with van der Waals surface area (Å²) in [5.41, 5.74) is 3.34. The molecule has 0 radical (unpaired) electrons. The van der Waals surface area contributed by atoms with E-state index in [2.05, 4.69) is 20.9 Å². The zero-order valence-corrected chi connectivity index (χ0v) is 18.0. The van der Waals surface area contributed by atoms with Crippen LogP contribution in [0.4, 0.5) is 18.9 Å². The van der Waals surface area contributed by atoms with E-state index in [1.807, 2.05) is 19.1 Å². The lowest BCUT2D eigenvalue weighted by molar-refractivity contribution is -0.137. The van der Waals surface area contributed by atoms with E-state index in [1.165, 1.54) is 23.9 Å². The fraction of sp³-hybridized carbons (Fsp3) is 0.286. The standard InChI is InChI=1S/C21H20F3N5O2S/c1-3-16-26-27-20-29(16)28-17(12-7-9-15(31-2)10-8-12)18(32-20)19(30)25-14-6-4-5-13(11-14)21(22,23)24/h4-11,17-18,28H,3H2,1-2H3,(H,25,30)/t17-,18-/m0/s1. The number of nitrogens with zero attached hydrogens (tertiary/aromatic N) is 3. The van der Waals surface area contributed by atoms with Crippen LogP contribution in [0.25, 0.3) is 0 Å². The van der Waals surface area contributed by atoms with Gasteiger partial charge in [-0.3, -0.25) is 4.79 Å². The van der Waals surface area contributed by atoms with Gasteiger partial charge in [0, 0.05) is 12.1 Å². The molecule has 2 heterocycles. The highest BCUT2D eigenvalue weighted by atomic mass is 32.2. The molecule has 11 heteroatoms. The molecular weight excluding hydrogens is 443 g/mol. The van der Waals surface area contributed by atoms with E-state index in [0.29, 0.717) is 23.2 Å². The Labute approximate surface area is 186 Å². The summed E-state index contributed by atoms with van der Waals surface area (Å²) < 4.78 is 46.1. The summed E-state index contributed by atoms with van der Waals surface area (Å²) >= 11 is 1.20. The summed E-state index contributed by atoms with van der Waals surface area (Å²) in [6, 6.07) is 11.3. The Morgan fingerprint density at radius 3 is 2.62 bits per heavy atom. The topological polar surface area (TPSA) is 81.1 Å². The second kappa shape index (κ2) is 8.73. The fourth-order valence-corrected chi connectivity index (χ4v) is 4.47. The van der Waals surface area contributed by atoms with Gasteiger partial charge in [0.05, 0.1) is 18.7 Å². The van der Waals surface area contributed by atoms with Crippen LogP contribution in [0.1, 0.15) is 29.9 Å². The van der Waals surface area contributed by atoms with Crippen molar-refractivity contribution in [3.8, 4) is 5.75 Å². The van der Waals surface area contributed by atoms with Gasteiger partial charge in [0.15, 0.2) is 5.82 Å². The van der Waals surface area contributed by atoms with Gasteiger partial charge in [0.25, 0.3) is 0 Å². The second-order valence-electron chi connectivity index (χ2n) is 7.07. The molecule has 0 fully saturated rings. The molecule has 32 heavy (non-hydrogen) atoms. The first-order chi connectivity index (χ1) is 15.3. The molecule has 2 aromatic carbocycles. The molecule has 0 saturated carbocycles. The second-order valence-corrected chi connectivity index (χ2v) is 8.18. The zero-order valence-electron chi connectivity index (χ0n) is 17.2. The molecular formula is C21H20F3N5O2S. The normalized spacial score (nSPS) is 17.9. The van der Waals surface area contributed by atoms with E-state index in [9.17, 15) is 18.0 Å². The number of anilines is 1. The molecule has 7 nitrogen and oxygen atoms in total. The van der Waals surface area contributed by atoms with Crippen molar-refractivity contribution in [1.29, 1.82) is 0 Å². The highest BCUT2D eigenvalue weighted by Gasteiger charge is 2.38. The number of benzene rings is 2. The van der Waals surface area contributed by atoms with Crippen molar-refractivity contribution in [2.45, 2.75) is 36.0 Å². The molecule has 0 bridgehead atoms. The van der Waals surface area contributed by atoms with Gasteiger partial charge in [-0.15, -0.1) is 10.2 Å². The lowest BCUT2D eigenvalue weighted by Crippen LogP contribution is -2.41. The van der Waals surface area contributed by atoms with Gasteiger partial charge in [-0.2, -0.15) is 13.2 Å². The number of aromatic nitrogens is 3. The molecule has 168 valence electrons. The minimum absolute atomic E-state index is 0.0696. The van der Waals surface area contributed by atoms with Crippen molar-refractivity contribution < 1.29 is 22.7 Å². The van der Waals surface area contributed by atoms with E-state index in [1.54, 1.807) is 23.9 Å². The number of carbonyl (C=O) groups excluding carboxylic acids is 1. The summed E-state index contributed by atoms with van der Waals surface area (Å²) in [5.74, 6) is 0.930. The number of fused-ring (bicyclic) bond motifs is 1. The lowest BCUT2D eigenvalue weighted by Gasteiger charge is -2.33. The lowest BCUT2D eigenvalue weighted by atomic mass is 10.0. The molecule has 3 aromatic rings. The van der Waals surface area contributed by atoms with Gasteiger partial charge < -0.3 is 15.5 Å². The third-order valence-electron chi connectivity index (χ3n) is 5.01. The predicted molar refractivity (Wildman–Crippen MR) is 114 cm³/mol. The molecule has 2 N–H and O–H groups in total. The number of amides is 1. The molecule has 1 aliphatic rings. The minimum atomic E-state index is -4.50. The number of halogens is 3. The Morgan fingerprint density at radius 2 is 1.97 bits per heavy atom. The number of ether oxygens (including phenoxy) is 1. The third-order valence-corrected chi connectivity index (χ3v) is 6.23. The number of hydrogen-bond acceptors (Lipinski definition) is 6. The number of nitrogens with one attached hydrogen (secondary N) is 2. The number of aryl methyl sites for hydroxylation is 1. The zero-order chi connectivity index (χ0) is 22.9. The SMILES string of the molecule is CCc1nnc2n1N[C@@H](c1ccc(OC)cc1)[C@@H](C(=O)Nc1cccc(C(F)(F)F)c1)S2. The van der Waals surface area contributed by atoms with Gasteiger partial charge in [-0.25, -0.2) is 4.68 Å². The van der Waals surface area contributed by atoms with Crippen LogP contribution in [0.15, 0.2) is 53.7 Å². The molecule has 0 unspecified atom stereocenters. The van der Waals surface area contributed by atoms with Crippen molar-refractivity contribution in [2.24, 2.45) is 0 Å². The van der Waals surface area contributed by atoms with E-state index >= 15 is 0 Å². The van der Waals surface area contributed by atoms with Gasteiger partial charge in [0.2, 0.25) is 11.1 Å². The van der Waals surface area contributed by atoms with Gasteiger partial charge in [-0.05, 0) is 35.9 Å². The molecule has 1 amide bonds. The van der Waals surface area contributed by atoms with E-state index < -0.39 is 28.9 Å². The van der Waals surface area contributed by atoms with E-state index in [4.69, 9.17) is 4.74 Å². The summed E-state index contributed by atoms with van der Waals surface area (Å²) in [4.78, 5) is 13.2. The molecule has 0 aliphatic carbocycles. The first-order valence-corrected chi connectivity index (χ1v) is 10.7. The highest BCUT2D eigenvalue weighted by Crippen LogP contribution is 2.38. The summed E-state index contributed by atoms with van der Waals surface area (Å²) in [7, 11) is 1.56. The Bertz CT molecular complexity index is 1120. The molecule has 0 saturated heterocycles. The van der Waals surface area contributed by atoms with Crippen molar-refractivity contribution in [3.05, 3.63) is 65.5 Å². The fourth-order valence-electron chi connectivity index (χ4n) is 3.38. The average Bonchev–Trinajstić information content (AvgIpc) is 3.20. The monoisotopic (exact) mass is 463 g/mol. The van der Waals surface area contributed by atoms with Crippen LogP contribution in [0, 0.1) is 0 Å². The largest absolute Gasteiger partial charge is 0.497 e. The van der Waals surface area contributed by atoms with Crippen molar-refractivity contribution >= 4 is 23.4 Å². The number of carbonyl (C=O) groups is 1. The Balaban J connectivity index is 1.65. The molecule has 0 spiro atoms. The minimum Gasteiger partial charge on any atom is -0.497 e. The number of rotatable bonds is 5. The summed E-state index contributed by atoms with van der Waals surface area (Å²) in [6.45, 7) is 1.94. The first kappa shape index (κ1) is 22.0. The summed E-state index contributed by atoms with van der Waals surface area (Å²) in [6.07, 6.45) is -3.86. The van der Waals surface area contributed by atoms with Crippen molar-refractivity contribution in [2.75, 3.05) is 17.9 Å². The highest BCUT2D eigenvalue weighted by molar-refractivity contribution is 8.00. The maximum Gasteiger partial charge on any atom is 0.416 e. The van der Waals surface area contributed by atoms with Crippen LogP contribution in [0.3, 0.4) is 0 Å². The number of methoxy groups -OCH3 is 1. The quantitative estimate of drug-likeness (QED) is 0.588. The summed E-state index contributed by atoms with van der Waals surface area (Å²) in [5, 5.41) is 10.7. The maximum atomic E-state index is 13.2. The van der Waals surface area contributed by atoms with Crippen LogP contribution < -0.4 is 15.5 Å². The Kier molecular flexibility index (Phi) is 6.00. The van der Waals surface area contributed by atoms with Crippen LogP contribution in [0.5, 0.6) is 5.75 Å². The van der Waals surface area contributed by atoms with Crippen LogP contribution in [-0.2, 0) is 17.4 Å². The van der Waals surface area contributed by atoms with Crippen LogP contribution in [0.2, 0.25) is 0 Å². The Hall–Kier alpha value is -3.21. The van der Waals surface area contributed by atoms with E-state index in [0.717, 1.165) is 17.7 Å².